The molecule has 0 aromatic rings. The minimum Gasteiger partial charge on any atom is -0.390 e. The van der Waals surface area contributed by atoms with Crippen LogP contribution in [0.1, 0.15) is 40.5 Å². The Morgan fingerprint density at radius 1 is 1.17 bits per heavy atom. The van der Waals surface area contributed by atoms with Gasteiger partial charge in [-0.25, -0.2) is 0 Å². The van der Waals surface area contributed by atoms with Crippen LogP contribution >= 0.6 is 0 Å². The third kappa shape index (κ3) is 2.06. The van der Waals surface area contributed by atoms with E-state index in [1.54, 1.807) is 12.2 Å². The average Bonchev–Trinajstić information content (AvgIpc) is 2.54. The van der Waals surface area contributed by atoms with Crippen molar-refractivity contribution in [3.05, 3.63) is 24.3 Å². The Labute approximate surface area is 144 Å². The van der Waals surface area contributed by atoms with Crippen LogP contribution in [0.4, 0.5) is 0 Å². The summed E-state index contributed by atoms with van der Waals surface area (Å²) in [5, 5.41) is 31.9. The number of allylic oxidation sites excluding steroid dienone is 3. The minimum atomic E-state index is -1.23. The summed E-state index contributed by atoms with van der Waals surface area (Å²) in [5.74, 6) is 0.0337. The number of aliphatic hydroxyl groups is 3. The van der Waals surface area contributed by atoms with Gasteiger partial charge in [-0.1, -0.05) is 40.3 Å². The second-order valence-corrected chi connectivity index (χ2v) is 8.88. The van der Waals surface area contributed by atoms with Gasteiger partial charge in [-0.15, -0.1) is 0 Å². The smallest absolute Gasteiger partial charge is 0.159 e. The molecule has 0 saturated heterocycles. The quantitative estimate of drug-likeness (QED) is 0.686. The fourth-order valence-electron chi connectivity index (χ4n) is 6.20. The van der Waals surface area contributed by atoms with E-state index in [4.69, 9.17) is 0 Å². The molecule has 0 spiro atoms. The number of aliphatic hydroxyl groups excluding tert-OH is 3. The van der Waals surface area contributed by atoms with Crippen LogP contribution in [0.25, 0.3) is 0 Å². The highest BCUT2D eigenvalue weighted by molar-refractivity contribution is 5.95. The van der Waals surface area contributed by atoms with Crippen molar-refractivity contribution in [1.82, 2.24) is 0 Å². The predicted molar refractivity (Wildman–Crippen MR) is 92.1 cm³/mol. The lowest BCUT2D eigenvalue weighted by molar-refractivity contribution is -0.253. The van der Waals surface area contributed by atoms with Gasteiger partial charge in [0.05, 0.1) is 12.2 Å². The fourth-order valence-corrected chi connectivity index (χ4v) is 6.20. The van der Waals surface area contributed by atoms with E-state index in [1.165, 1.54) is 0 Å². The Kier molecular flexibility index (Phi) is 4.10. The summed E-state index contributed by atoms with van der Waals surface area (Å²) in [7, 11) is 0. The van der Waals surface area contributed by atoms with Crippen LogP contribution in [0.2, 0.25) is 0 Å². The van der Waals surface area contributed by atoms with E-state index >= 15 is 0 Å². The van der Waals surface area contributed by atoms with Crippen molar-refractivity contribution in [2.45, 2.75) is 58.8 Å². The van der Waals surface area contributed by atoms with Crippen LogP contribution in [0.3, 0.4) is 0 Å². The standard InChI is InChI=1S/C20H30O4/c1-6-11-9-13(21)15-12(10(11)2)7-8-14-19(3,4)17(23)16(22)18(24)20(14,15)5/h6,9-10,12,14-18,22-24H,1,7-8H2,2-5H3/t10-,12-,14-,15+,16+,17-,18+,20-/m1/s1. The van der Waals surface area contributed by atoms with E-state index in [1.807, 2.05) is 20.8 Å². The molecule has 0 bridgehead atoms. The topological polar surface area (TPSA) is 77.8 Å². The van der Waals surface area contributed by atoms with E-state index < -0.39 is 29.1 Å². The van der Waals surface area contributed by atoms with Crippen molar-refractivity contribution in [2.75, 3.05) is 0 Å². The predicted octanol–water partition coefficient (Wildman–Crippen LogP) is 2.09. The summed E-state index contributed by atoms with van der Waals surface area (Å²) < 4.78 is 0. The third-order valence-corrected chi connectivity index (χ3v) is 7.60. The number of rotatable bonds is 1. The molecule has 8 atom stereocenters. The summed E-state index contributed by atoms with van der Waals surface area (Å²) in [6, 6.07) is 0. The average molecular weight is 334 g/mol. The molecule has 4 heteroatoms. The summed E-state index contributed by atoms with van der Waals surface area (Å²) in [6.07, 6.45) is 1.84. The monoisotopic (exact) mass is 334 g/mol. The summed E-state index contributed by atoms with van der Waals surface area (Å²) in [6.45, 7) is 11.8. The van der Waals surface area contributed by atoms with Gasteiger partial charge in [0.1, 0.15) is 6.10 Å². The molecule has 0 aromatic carbocycles. The van der Waals surface area contributed by atoms with Gasteiger partial charge in [0.15, 0.2) is 5.78 Å². The molecular formula is C20H30O4. The SMILES string of the molecule is C=CC1=CC(=O)[C@@H]2[C@H](CC[C@@H]3C(C)(C)[C@H](O)[C@H](O)[C@H](O)[C@@]23C)[C@@H]1C. The Bertz CT molecular complexity index is 592. The minimum absolute atomic E-state index is 0.0190. The summed E-state index contributed by atoms with van der Waals surface area (Å²) in [4.78, 5) is 13.0. The van der Waals surface area contributed by atoms with Crippen LogP contribution in [-0.2, 0) is 4.79 Å². The second-order valence-electron chi connectivity index (χ2n) is 8.88. The lowest BCUT2D eigenvalue weighted by Crippen LogP contribution is -2.69. The molecule has 3 aliphatic rings. The molecule has 2 saturated carbocycles. The number of carbonyl (C=O) groups excluding carboxylic acids is 1. The fraction of sp³-hybridized carbons (Fsp3) is 0.750. The van der Waals surface area contributed by atoms with Crippen molar-refractivity contribution in [1.29, 1.82) is 0 Å². The maximum absolute atomic E-state index is 13.0. The molecule has 24 heavy (non-hydrogen) atoms. The van der Waals surface area contributed by atoms with Gasteiger partial charge in [0, 0.05) is 11.3 Å². The van der Waals surface area contributed by atoms with Crippen molar-refractivity contribution in [3.8, 4) is 0 Å². The van der Waals surface area contributed by atoms with Crippen molar-refractivity contribution in [3.63, 3.8) is 0 Å². The maximum Gasteiger partial charge on any atom is 0.159 e. The van der Waals surface area contributed by atoms with Gasteiger partial charge < -0.3 is 15.3 Å². The highest BCUT2D eigenvalue weighted by Gasteiger charge is 2.66. The van der Waals surface area contributed by atoms with E-state index in [-0.39, 0.29) is 29.5 Å². The van der Waals surface area contributed by atoms with Crippen LogP contribution in [-0.4, -0.2) is 39.4 Å². The molecule has 0 heterocycles. The molecule has 4 nitrogen and oxygen atoms in total. The van der Waals surface area contributed by atoms with Crippen LogP contribution in [0, 0.1) is 34.5 Å². The molecular weight excluding hydrogens is 304 g/mol. The van der Waals surface area contributed by atoms with E-state index in [2.05, 4.69) is 13.5 Å². The number of hydrogen-bond donors (Lipinski definition) is 3. The first kappa shape index (κ1) is 17.8. The zero-order chi connectivity index (χ0) is 18.0. The van der Waals surface area contributed by atoms with Crippen molar-refractivity contribution >= 4 is 5.78 Å². The number of ketones is 1. The molecule has 134 valence electrons. The Balaban J connectivity index is 2.13. The highest BCUT2D eigenvalue weighted by atomic mass is 16.4. The summed E-state index contributed by atoms with van der Waals surface area (Å²) in [5.41, 5.74) is -0.322. The third-order valence-electron chi connectivity index (χ3n) is 7.60. The normalized spacial score (nSPS) is 50.5. The van der Waals surface area contributed by atoms with Gasteiger partial charge in [-0.2, -0.15) is 0 Å². The maximum atomic E-state index is 13.0. The molecule has 3 aliphatic carbocycles. The zero-order valence-corrected chi connectivity index (χ0v) is 15.1. The first-order valence-electron chi connectivity index (χ1n) is 9.00. The number of hydrogen-bond acceptors (Lipinski definition) is 4. The van der Waals surface area contributed by atoms with Crippen molar-refractivity contribution in [2.24, 2.45) is 34.5 Å². The molecule has 0 unspecified atom stereocenters. The van der Waals surface area contributed by atoms with Gasteiger partial charge in [0.25, 0.3) is 0 Å². The first-order valence-corrected chi connectivity index (χ1v) is 9.00. The van der Waals surface area contributed by atoms with Crippen molar-refractivity contribution < 1.29 is 20.1 Å². The van der Waals surface area contributed by atoms with Gasteiger partial charge in [-0.05, 0) is 47.7 Å². The van der Waals surface area contributed by atoms with E-state index in [0.29, 0.717) is 0 Å². The molecule has 0 radical (unpaired) electrons. The molecule has 0 aliphatic heterocycles. The lowest BCUT2D eigenvalue weighted by Gasteiger charge is -2.64. The van der Waals surface area contributed by atoms with E-state index in [0.717, 1.165) is 18.4 Å². The Hall–Kier alpha value is -0.970. The molecule has 0 amide bonds. The summed E-state index contributed by atoms with van der Waals surface area (Å²) >= 11 is 0. The van der Waals surface area contributed by atoms with Gasteiger partial charge >= 0.3 is 0 Å². The zero-order valence-electron chi connectivity index (χ0n) is 15.1. The van der Waals surface area contributed by atoms with E-state index in [9.17, 15) is 20.1 Å². The first-order chi connectivity index (χ1) is 11.1. The van der Waals surface area contributed by atoms with Crippen LogP contribution in [0.5, 0.6) is 0 Å². The Morgan fingerprint density at radius 3 is 2.38 bits per heavy atom. The molecule has 3 rings (SSSR count). The molecule has 0 aromatic heterocycles. The molecule has 3 N–H and O–H groups in total. The Morgan fingerprint density at radius 2 is 1.79 bits per heavy atom. The van der Waals surface area contributed by atoms with Crippen LogP contribution in [0.15, 0.2) is 24.3 Å². The number of carbonyl (C=O) groups is 1. The highest BCUT2D eigenvalue weighted by Crippen LogP contribution is 2.63. The largest absolute Gasteiger partial charge is 0.390 e. The van der Waals surface area contributed by atoms with Crippen LogP contribution < -0.4 is 0 Å². The number of fused-ring (bicyclic) bond motifs is 3. The van der Waals surface area contributed by atoms with Gasteiger partial charge in [-0.3, -0.25) is 4.79 Å². The molecule has 2 fully saturated rings. The van der Waals surface area contributed by atoms with Gasteiger partial charge in [0.2, 0.25) is 0 Å². The lowest BCUT2D eigenvalue weighted by atomic mass is 9.42. The second kappa shape index (κ2) is 5.52.